The number of carbonyl (C=O) groups is 3. The van der Waals surface area contributed by atoms with Crippen molar-refractivity contribution in [3.63, 3.8) is 0 Å². The van der Waals surface area contributed by atoms with Gasteiger partial charge in [-0.05, 0) is 41.5 Å². The average Bonchev–Trinajstić information content (AvgIpc) is 3.20. The zero-order valence-corrected chi connectivity index (χ0v) is 20.2. The monoisotopic (exact) mass is 480 g/mol. The van der Waals surface area contributed by atoms with Gasteiger partial charge in [0.2, 0.25) is 5.91 Å². The van der Waals surface area contributed by atoms with Gasteiger partial charge in [0, 0.05) is 26.1 Å². The van der Waals surface area contributed by atoms with Crippen molar-refractivity contribution in [2.75, 3.05) is 33.4 Å². The molecule has 1 heterocycles. The third-order valence-corrected chi connectivity index (χ3v) is 7.15. The van der Waals surface area contributed by atoms with E-state index in [0.29, 0.717) is 19.4 Å². The zero-order chi connectivity index (χ0) is 25.0. The molecule has 0 spiro atoms. The van der Waals surface area contributed by atoms with E-state index in [4.69, 9.17) is 9.47 Å². The molecule has 1 aliphatic heterocycles. The van der Waals surface area contributed by atoms with Gasteiger partial charge in [0.25, 0.3) is 0 Å². The van der Waals surface area contributed by atoms with Crippen molar-refractivity contribution in [2.24, 2.45) is 5.41 Å². The van der Waals surface area contributed by atoms with E-state index < -0.39 is 23.5 Å². The van der Waals surface area contributed by atoms with E-state index in [1.54, 1.807) is 6.92 Å². The Morgan fingerprint density at radius 1 is 1.14 bits per heavy atom. The molecule has 4 rings (SSSR count). The molecule has 2 unspecified atom stereocenters. The van der Waals surface area contributed by atoms with Crippen molar-refractivity contribution < 1.29 is 29.0 Å². The lowest BCUT2D eigenvalue weighted by atomic mass is 9.80. The number of fused-ring (bicyclic) bond motifs is 3. The summed E-state index contributed by atoms with van der Waals surface area (Å²) in [5.41, 5.74) is 3.51. The summed E-state index contributed by atoms with van der Waals surface area (Å²) in [5.74, 6) is -1.46. The molecule has 1 fully saturated rings. The summed E-state index contributed by atoms with van der Waals surface area (Å²) >= 11 is 0. The Morgan fingerprint density at radius 2 is 1.77 bits per heavy atom. The second-order valence-electron chi connectivity index (χ2n) is 9.29. The van der Waals surface area contributed by atoms with Crippen molar-refractivity contribution in [1.29, 1.82) is 0 Å². The number of ether oxygens (including phenoxy) is 2. The third-order valence-electron chi connectivity index (χ3n) is 7.15. The van der Waals surface area contributed by atoms with Crippen LogP contribution < -0.4 is 5.32 Å². The molecule has 35 heavy (non-hydrogen) atoms. The molecule has 2 amide bonds. The van der Waals surface area contributed by atoms with Crippen LogP contribution in [0.2, 0.25) is 0 Å². The van der Waals surface area contributed by atoms with Crippen LogP contribution in [0.4, 0.5) is 4.79 Å². The molecule has 8 nitrogen and oxygen atoms in total. The van der Waals surface area contributed by atoms with E-state index in [-0.39, 0.29) is 38.0 Å². The third kappa shape index (κ3) is 4.89. The highest BCUT2D eigenvalue weighted by Crippen LogP contribution is 2.44. The first-order valence-electron chi connectivity index (χ1n) is 12.0. The standard InChI is InChI=1S/C27H32N2O6/c1-3-23(24(30)31)29(2)25(32)27(13-8-14-34-17-27)16-28-26(33)35-15-22-20-11-6-4-9-18(20)19-10-5-7-12-21(19)22/h4-7,9-12,22-23H,3,8,13-17H2,1-2H3,(H,28,33)(H,30,31). The van der Waals surface area contributed by atoms with Gasteiger partial charge in [-0.25, -0.2) is 9.59 Å². The van der Waals surface area contributed by atoms with E-state index in [1.807, 2.05) is 24.3 Å². The number of rotatable bonds is 8. The van der Waals surface area contributed by atoms with Crippen LogP contribution in [0.1, 0.15) is 43.2 Å². The average molecular weight is 481 g/mol. The maximum atomic E-state index is 13.4. The number of amides is 2. The number of carbonyl (C=O) groups excluding carboxylic acids is 2. The second kappa shape index (κ2) is 10.5. The molecule has 1 aliphatic carbocycles. The molecule has 2 aliphatic rings. The highest BCUT2D eigenvalue weighted by molar-refractivity contribution is 5.88. The van der Waals surface area contributed by atoms with Crippen LogP contribution in [0.3, 0.4) is 0 Å². The first kappa shape index (κ1) is 24.7. The van der Waals surface area contributed by atoms with Crippen molar-refractivity contribution >= 4 is 18.0 Å². The number of nitrogens with zero attached hydrogens (tertiary/aromatic N) is 1. The van der Waals surface area contributed by atoms with E-state index in [1.165, 1.54) is 11.9 Å². The SMILES string of the molecule is CCC(C(=O)O)N(C)C(=O)C1(CNC(=O)OCC2c3ccccc3-c3ccccc32)CCCOC1. The summed E-state index contributed by atoms with van der Waals surface area (Å²) in [6.07, 6.45) is 0.817. The molecular formula is C27H32N2O6. The molecule has 0 saturated carbocycles. The Morgan fingerprint density at radius 3 is 2.31 bits per heavy atom. The number of likely N-dealkylation sites (N-methyl/N-ethyl adjacent to an activating group) is 1. The zero-order valence-electron chi connectivity index (χ0n) is 20.2. The van der Waals surface area contributed by atoms with Gasteiger partial charge in [0.05, 0.1) is 12.0 Å². The quantitative estimate of drug-likeness (QED) is 0.598. The second-order valence-corrected chi connectivity index (χ2v) is 9.29. The van der Waals surface area contributed by atoms with Gasteiger partial charge in [-0.1, -0.05) is 55.5 Å². The minimum absolute atomic E-state index is 0.0168. The van der Waals surface area contributed by atoms with Gasteiger partial charge in [-0.2, -0.15) is 0 Å². The summed E-state index contributed by atoms with van der Waals surface area (Å²) in [4.78, 5) is 38.9. The van der Waals surface area contributed by atoms with Crippen LogP contribution in [0, 0.1) is 5.41 Å². The number of carboxylic acid groups (broad SMARTS) is 1. The first-order valence-corrected chi connectivity index (χ1v) is 12.0. The molecule has 2 aromatic rings. The molecule has 186 valence electrons. The summed E-state index contributed by atoms with van der Waals surface area (Å²) < 4.78 is 11.2. The van der Waals surface area contributed by atoms with Crippen molar-refractivity contribution in [3.05, 3.63) is 59.7 Å². The fourth-order valence-corrected chi connectivity index (χ4v) is 5.26. The summed E-state index contributed by atoms with van der Waals surface area (Å²) in [6.45, 7) is 2.56. The van der Waals surface area contributed by atoms with Crippen LogP contribution in [0.15, 0.2) is 48.5 Å². The van der Waals surface area contributed by atoms with E-state index in [9.17, 15) is 19.5 Å². The predicted molar refractivity (Wildman–Crippen MR) is 130 cm³/mol. The number of benzene rings is 2. The topological polar surface area (TPSA) is 105 Å². The van der Waals surface area contributed by atoms with Crippen LogP contribution in [-0.4, -0.2) is 67.4 Å². The maximum Gasteiger partial charge on any atom is 0.407 e. The molecule has 2 N–H and O–H groups in total. The number of nitrogens with one attached hydrogen (secondary N) is 1. The molecule has 8 heteroatoms. The smallest absolute Gasteiger partial charge is 0.407 e. The van der Waals surface area contributed by atoms with Gasteiger partial charge < -0.3 is 24.8 Å². The number of aliphatic carboxylic acids is 1. The van der Waals surface area contributed by atoms with Gasteiger partial charge in [-0.15, -0.1) is 0 Å². The Hall–Kier alpha value is -3.39. The number of carboxylic acids is 1. The van der Waals surface area contributed by atoms with Crippen LogP contribution in [-0.2, 0) is 19.1 Å². The Bertz CT molecular complexity index is 1050. The Balaban J connectivity index is 1.42. The fourth-order valence-electron chi connectivity index (χ4n) is 5.26. The number of hydrogen-bond donors (Lipinski definition) is 2. The van der Waals surface area contributed by atoms with Gasteiger partial charge in [-0.3, -0.25) is 4.79 Å². The van der Waals surface area contributed by atoms with Gasteiger partial charge in [0.1, 0.15) is 12.6 Å². The summed E-state index contributed by atoms with van der Waals surface area (Å²) in [6, 6.07) is 15.3. The summed E-state index contributed by atoms with van der Waals surface area (Å²) in [7, 11) is 1.49. The molecule has 2 atom stereocenters. The highest BCUT2D eigenvalue weighted by Gasteiger charge is 2.45. The molecule has 2 aromatic carbocycles. The normalized spacial score (nSPS) is 19.8. The summed E-state index contributed by atoms with van der Waals surface area (Å²) in [5, 5.41) is 12.2. The predicted octanol–water partition coefficient (Wildman–Crippen LogP) is 3.64. The molecule has 0 radical (unpaired) electrons. The maximum absolute atomic E-state index is 13.4. The van der Waals surface area contributed by atoms with E-state index in [2.05, 4.69) is 29.6 Å². The van der Waals surface area contributed by atoms with Gasteiger partial charge >= 0.3 is 12.1 Å². The largest absolute Gasteiger partial charge is 0.480 e. The number of hydrogen-bond acceptors (Lipinski definition) is 5. The fraction of sp³-hybridized carbons (Fsp3) is 0.444. The molecule has 0 bridgehead atoms. The lowest BCUT2D eigenvalue weighted by molar-refractivity contribution is -0.158. The van der Waals surface area contributed by atoms with E-state index in [0.717, 1.165) is 22.3 Å². The molecular weight excluding hydrogens is 448 g/mol. The van der Waals surface area contributed by atoms with Crippen LogP contribution in [0.5, 0.6) is 0 Å². The van der Waals surface area contributed by atoms with Gasteiger partial charge in [0.15, 0.2) is 0 Å². The van der Waals surface area contributed by atoms with E-state index >= 15 is 0 Å². The molecule has 0 aromatic heterocycles. The lowest BCUT2D eigenvalue weighted by Gasteiger charge is -2.39. The Labute approximate surface area is 205 Å². The van der Waals surface area contributed by atoms with Crippen molar-refractivity contribution in [3.8, 4) is 11.1 Å². The molecule has 1 saturated heterocycles. The van der Waals surface area contributed by atoms with Crippen molar-refractivity contribution in [2.45, 2.75) is 38.1 Å². The minimum atomic E-state index is -1.06. The lowest BCUT2D eigenvalue weighted by Crippen LogP contribution is -2.56. The van der Waals surface area contributed by atoms with Crippen molar-refractivity contribution in [1.82, 2.24) is 10.2 Å². The minimum Gasteiger partial charge on any atom is -0.480 e. The van der Waals surface area contributed by atoms with Crippen LogP contribution in [0.25, 0.3) is 11.1 Å². The Kier molecular flexibility index (Phi) is 7.40. The highest BCUT2D eigenvalue weighted by atomic mass is 16.5. The number of alkyl carbamates (subject to hydrolysis) is 1. The van der Waals surface area contributed by atoms with Crippen LogP contribution >= 0.6 is 0 Å². The first-order chi connectivity index (χ1) is 16.9.